The summed E-state index contributed by atoms with van der Waals surface area (Å²) in [7, 11) is 0. The number of hydrogen-bond acceptors (Lipinski definition) is 3. The number of benzene rings is 1. The van der Waals surface area contributed by atoms with Crippen LogP contribution in [-0.2, 0) is 11.3 Å². The Bertz CT molecular complexity index is 524. The highest BCUT2D eigenvalue weighted by molar-refractivity contribution is 5.90. The third-order valence-electron chi connectivity index (χ3n) is 5.46. The lowest BCUT2D eigenvalue weighted by Crippen LogP contribution is -2.32. The molecular formula is C20H33Cl2N3O. The maximum absolute atomic E-state index is 12.1. The lowest BCUT2D eigenvalue weighted by Gasteiger charge is -2.30. The molecule has 26 heavy (non-hydrogen) atoms. The van der Waals surface area contributed by atoms with Crippen LogP contribution in [0.5, 0.6) is 0 Å². The van der Waals surface area contributed by atoms with Crippen LogP contribution in [0.2, 0.25) is 0 Å². The first kappa shape index (κ1) is 23.2. The second-order valence-corrected chi connectivity index (χ2v) is 7.60. The fourth-order valence-corrected chi connectivity index (χ4v) is 3.69. The SMILES string of the molecule is CC1CCN(Cc2ccc(NC(=O)CCC3CCNC3)cc2)CC1.Cl.Cl. The molecule has 2 N–H and O–H groups in total. The first-order valence-corrected chi connectivity index (χ1v) is 9.51. The van der Waals surface area contributed by atoms with E-state index in [0.29, 0.717) is 12.3 Å². The molecule has 2 saturated heterocycles. The van der Waals surface area contributed by atoms with Crippen molar-refractivity contribution in [3.63, 3.8) is 0 Å². The van der Waals surface area contributed by atoms with Crippen molar-refractivity contribution in [3.8, 4) is 0 Å². The van der Waals surface area contributed by atoms with Gasteiger partial charge in [0.25, 0.3) is 0 Å². The van der Waals surface area contributed by atoms with Crippen LogP contribution in [0.1, 0.15) is 44.6 Å². The molecule has 0 aromatic heterocycles. The Hall–Kier alpha value is -0.810. The quantitative estimate of drug-likeness (QED) is 0.753. The van der Waals surface area contributed by atoms with Crippen LogP contribution in [0.15, 0.2) is 24.3 Å². The molecule has 0 aliphatic carbocycles. The van der Waals surface area contributed by atoms with Crippen LogP contribution in [0, 0.1) is 11.8 Å². The van der Waals surface area contributed by atoms with E-state index in [1.54, 1.807) is 0 Å². The molecule has 148 valence electrons. The third kappa shape index (κ3) is 7.43. The van der Waals surface area contributed by atoms with Crippen molar-refractivity contribution < 1.29 is 4.79 Å². The number of anilines is 1. The molecule has 4 nitrogen and oxygen atoms in total. The fraction of sp³-hybridized carbons (Fsp3) is 0.650. The van der Waals surface area contributed by atoms with Gasteiger partial charge in [0.2, 0.25) is 5.91 Å². The first-order chi connectivity index (χ1) is 11.7. The van der Waals surface area contributed by atoms with Gasteiger partial charge in [-0.05, 0) is 81.4 Å². The molecule has 0 spiro atoms. The van der Waals surface area contributed by atoms with Crippen molar-refractivity contribution in [3.05, 3.63) is 29.8 Å². The minimum Gasteiger partial charge on any atom is -0.326 e. The fourth-order valence-electron chi connectivity index (χ4n) is 3.69. The first-order valence-electron chi connectivity index (χ1n) is 9.51. The van der Waals surface area contributed by atoms with Gasteiger partial charge >= 0.3 is 0 Å². The van der Waals surface area contributed by atoms with Crippen molar-refractivity contribution in [1.29, 1.82) is 0 Å². The summed E-state index contributed by atoms with van der Waals surface area (Å²) in [4.78, 5) is 14.6. The number of rotatable bonds is 6. The Morgan fingerprint density at radius 1 is 1.15 bits per heavy atom. The molecule has 1 amide bonds. The Balaban J connectivity index is 0.00000169. The molecule has 2 heterocycles. The number of amides is 1. The molecule has 0 radical (unpaired) electrons. The van der Waals surface area contributed by atoms with Gasteiger partial charge in [0.05, 0.1) is 0 Å². The lowest BCUT2D eigenvalue weighted by molar-refractivity contribution is -0.116. The van der Waals surface area contributed by atoms with Crippen molar-refractivity contribution in [2.75, 3.05) is 31.5 Å². The number of hydrogen-bond donors (Lipinski definition) is 2. The predicted octanol–water partition coefficient (Wildman–Crippen LogP) is 4.09. The maximum atomic E-state index is 12.1. The monoisotopic (exact) mass is 401 g/mol. The van der Waals surface area contributed by atoms with Crippen LogP contribution in [0.25, 0.3) is 0 Å². The summed E-state index contributed by atoms with van der Waals surface area (Å²) in [6.07, 6.45) is 5.44. The molecule has 0 saturated carbocycles. The summed E-state index contributed by atoms with van der Waals surface area (Å²) >= 11 is 0. The second kappa shape index (κ2) is 11.8. The van der Waals surface area contributed by atoms with Crippen LogP contribution < -0.4 is 10.6 Å². The number of piperidine rings is 1. The number of nitrogens with one attached hydrogen (secondary N) is 2. The number of nitrogens with zero attached hydrogens (tertiary/aromatic N) is 1. The van der Waals surface area contributed by atoms with E-state index < -0.39 is 0 Å². The van der Waals surface area contributed by atoms with Gasteiger partial charge < -0.3 is 10.6 Å². The largest absolute Gasteiger partial charge is 0.326 e. The van der Waals surface area contributed by atoms with Crippen molar-refractivity contribution in [2.24, 2.45) is 11.8 Å². The summed E-state index contributed by atoms with van der Waals surface area (Å²) in [5.74, 6) is 1.68. The van der Waals surface area contributed by atoms with Crippen molar-refractivity contribution >= 4 is 36.4 Å². The summed E-state index contributed by atoms with van der Waals surface area (Å²) in [5, 5.41) is 6.38. The normalized spacial score (nSPS) is 20.9. The van der Waals surface area contributed by atoms with Gasteiger partial charge in [0.15, 0.2) is 0 Å². The van der Waals surface area contributed by atoms with Crippen LogP contribution in [0.3, 0.4) is 0 Å². The molecule has 2 aliphatic heterocycles. The minimum atomic E-state index is 0. The molecule has 2 aliphatic rings. The zero-order valence-electron chi connectivity index (χ0n) is 15.7. The van der Waals surface area contributed by atoms with Gasteiger partial charge in [0, 0.05) is 18.7 Å². The lowest BCUT2D eigenvalue weighted by atomic mass is 9.99. The average molecular weight is 402 g/mol. The van der Waals surface area contributed by atoms with Crippen LogP contribution >= 0.6 is 24.8 Å². The van der Waals surface area contributed by atoms with Gasteiger partial charge in [-0.25, -0.2) is 0 Å². The molecular weight excluding hydrogens is 369 g/mol. The average Bonchev–Trinajstić information content (AvgIpc) is 3.10. The number of halogens is 2. The van der Waals surface area contributed by atoms with Gasteiger partial charge in [0.1, 0.15) is 0 Å². The van der Waals surface area contributed by atoms with Gasteiger partial charge in [-0.1, -0.05) is 19.1 Å². The van der Waals surface area contributed by atoms with Crippen molar-refractivity contribution in [1.82, 2.24) is 10.2 Å². The second-order valence-electron chi connectivity index (χ2n) is 7.60. The van der Waals surface area contributed by atoms with E-state index in [9.17, 15) is 4.79 Å². The van der Waals surface area contributed by atoms with Crippen LogP contribution in [0.4, 0.5) is 5.69 Å². The van der Waals surface area contributed by atoms with E-state index in [0.717, 1.165) is 37.7 Å². The van der Waals surface area contributed by atoms with E-state index in [1.807, 2.05) is 12.1 Å². The van der Waals surface area contributed by atoms with Crippen molar-refractivity contribution in [2.45, 2.75) is 45.6 Å². The molecule has 0 bridgehead atoms. The van der Waals surface area contributed by atoms with E-state index in [1.165, 1.54) is 37.9 Å². The standard InChI is InChI=1S/C20H31N3O.2ClH/c1-16-9-12-23(13-10-16)15-18-2-5-19(6-3-18)22-20(24)7-4-17-8-11-21-14-17;;/h2-3,5-6,16-17,21H,4,7-15H2,1H3,(H,22,24);2*1H. The summed E-state index contributed by atoms with van der Waals surface area (Å²) in [6, 6.07) is 8.37. The molecule has 6 heteroatoms. The van der Waals surface area contributed by atoms with E-state index in [2.05, 4.69) is 34.6 Å². The number of carbonyl (C=O) groups excluding carboxylic acids is 1. The van der Waals surface area contributed by atoms with E-state index in [4.69, 9.17) is 0 Å². The molecule has 1 atom stereocenters. The Morgan fingerprint density at radius 3 is 2.46 bits per heavy atom. The Labute approximate surface area is 170 Å². The highest BCUT2D eigenvalue weighted by Gasteiger charge is 2.16. The van der Waals surface area contributed by atoms with E-state index >= 15 is 0 Å². The third-order valence-corrected chi connectivity index (χ3v) is 5.46. The Morgan fingerprint density at radius 2 is 1.85 bits per heavy atom. The van der Waals surface area contributed by atoms with Crippen LogP contribution in [-0.4, -0.2) is 37.0 Å². The number of carbonyl (C=O) groups is 1. The zero-order chi connectivity index (χ0) is 16.8. The van der Waals surface area contributed by atoms with E-state index in [-0.39, 0.29) is 30.7 Å². The summed E-state index contributed by atoms with van der Waals surface area (Å²) in [6.45, 7) is 7.94. The number of likely N-dealkylation sites (tertiary alicyclic amines) is 1. The van der Waals surface area contributed by atoms with Gasteiger partial charge in [-0.15, -0.1) is 24.8 Å². The molecule has 1 aromatic rings. The van der Waals surface area contributed by atoms with Gasteiger partial charge in [-0.2, -0.15) is 0 Å². The molecule has 1 aromatic carbocycles. The Kier molecular flexibility index (Phi) is 10.6. The minimum absolute atomic E-state index is 0. The molecule has 1 unspecified atom stereocenters. The highest BCUT2D eigenvalue weighted by atomic mass is 35.5. The topological polar surface area (TPSA) is 44.4 Å². The molecule has 3 rings (SSSR count). The predicted molar refractivity (Wildman–Crippen MR) is 113 cm³/mol. The maximum Gasteiger partial charge on any atom is 0.224 e. The summed E-state index contributed by atoms with van der Waals surface area (Å²) in [5.41, 5.74) is 2.25. The zero-order valence-corrected chi connectivity index (χ0v) is 17.3. The highest BCUT2D eigenvalue weighted by Crippen LogP contribution is 2.19. The van der Waals surface area contributed by atoms with Gasteiger partial charge in [-0.3, -0.25) is 9.69 Å². The summed E-state index contributed by atoms with van der Waals surface area (Å²) < 4.78 is 0. The smallest absolute Gasteiger partial charge is 0.224 e. The molecule has 2 fully saturated rings.